The number of rotatable bonds is 6. The predicted octanol–water partition coefficient (Wildman–Crippen LogP) is 3.56. The third kappa shape index (κ3) is 4.47. The van der Waals surface area contributed by atoms with Crippen LogP contribution < -0.4 is 10.2 Å². The first-order chi connectivity index (χ1) is 9.70. The van der Waals surface area contributed by atoms with Gasteiger partial charge in [0.1, 0.15) is 0 Å². The van der Waals surface area contributed by atoms with E-state index in [4.69, 9.17) is 4.74 Å². The second kappa shape index (κ2) is 8.01. The molecule has 0 aromatic heterocycles. The molecular formula is C16H25BrN2O. The molecular weight excluding hydrogens is 316 g/mol. The lowest BCUT2D eigenvalue weighted by Gasteiger charge is -2.30. The van der Waals surface area contributed by atoms with Gasteiger partial charge in [-0.15, -0.1) is 0 Å². The third-order valence-corrected chi connectivity index (χ3v) is 4.26. The molecule has 1 atom stereocenters. The van der Waals surface area contributed by atoms with Crippen LogP contribution in [0.15, 0.2) is 22.7 Å². The summed E-state index contributed by atoms with van der Waals surface area (Å²) in [5, 5.41) is 3.41. The average Bonchev–Trinajstić information content (AvgIpc) is 2.46. The van der Waals surface area contributed by atoms with Gasteiger partial charge in [0.15, 0.2) is 0 Å². The second-order valence-electron chi connectivity index (χ2n) is 5.42. The highest BCUT2D eigenvalue weighted by molar-refractivity contribution is 9.10. The van der Waals surface area contributed by atoms with Crippen molar-refractivity contribution in [3.05, 3.63) is 28.2 Å². The van der Waals surface area contributed by atoms with Crippen molar-refractivity contribution in [2.45, 2.75) is 38.8 Å². The van der Waals surface area contributed by atoms with Crippen LogP contribution in [0, 0.1) is 0 Å². The zero-order valence-corrected chi connectivity index (χ0v) is 14.1. The van der Waals surface area contributed by atoms with Crippen LogP contribution in [-0.4, -0.2) is 32.8 Å². The topological polar surface area (TPSA) is 24.5 Å². The minimum absolute atomic E-state index is 0.379. The van der Waals surface area contributed by atoms with Crippen molar-refractivity contribution in [1.29, 1.82) is 0 Å². The number of benzene rings is 1. The summed E-state index contributed by atoms with van der Waals surface area (Å²) in [4.78, 5) is 2.33. The van der Waals surface area contributed by atoms with Gasteiger partial charge in [0.05, 0.1) is 6.10 Å². The molecule has 0 spiro atoms. The summed E-state index contributed by atoms with van der Waals surface area (Å²) in [6.45, 7) is 5.92. The molecule has 1 aliphatic heterocycles. The van der Waals surface area contributed by atoms with Crippen LogP contribution in [0.2, 0.25) is 0 Å². The third-order valence-electron chi connectivity index (χ3n) is 3.77. The van der Waals surface area contributed by atoms with Gasteiger partial charge in [-0.3, -0.25) is 0 Å². The highest BCUT2D eigenvalue weighted by Crippen LogP contribution is 2.25. The maximum Gasteiger partial charge on any atom is 0.0749 e. The molecule has 2 rings (SSSR count). The van der Waals surface area contributed by atoms with E-state index in [-0.39, 0.29) is 0 Å². The summed E-state index contributed by atoms with van der Waals surface area (Å²) in [6.07, 6.45) is 4.07. The van der Waals surface area contributed by atoms with Gasteiger partial charge in [0.2, 0.25) is 0 Å². The van der Waals surface area contributed by atoms with E-state index in [2.05, 4.69) is 58.3 Å². The van der Waals surface area contributed by atoms with Crippen molar-refractivity contribution in [2.24, 2.45) is 0 Å². The number of ether oxygens (including phenoxy) is 1. The fourth-order valence-corrected chi connectivity index (χ4v) is 3.09. The standard InChI is InChI=1S/C16H25BrN2O/c1-3-18-11-13-10-14(17)7-8-16(13)19(2)12-15-6-4-5-9-20-15/h7-8,10,15,18H,3-6,9,11-12H2,1-2H3. The fourth-order valence-electron chi connectivity index (χ4n) is 2.68. The van der Waals surface area contributed by atoms with Crippen LogP contribution in [-0.2, 0) is 11.3 Å². The van der Waals surface area contributed by atoms with E-state index in [1.165, 1.54) is 30.5 Å². The van der Waals surface area contributed by atoms with E-state index in [1.807, 2.05) is 0 Å². The molecule has 0 amide bonds. The van der Waals surface area contributed by atoms with Gasteiger partial charge < -0.3 is 15.0 Å². The predicted molar refractivity (Wildman–Crippen MR) is 88.4 cm³/mol. The average molecular weight is 341 g/mol. The fraction of sp³-hybridized carbons (Fsp3) is 0.625. The minimum atomic E-state index is 0.379. The molecule has 3 nitrogen and oxygen atoms in total. The zero-order chi connectivity index (χ0) is 14.4. The van der Waals surface area contributed by atoms with Crippen LogP contribution in [0.3, 0.4) is 0 Å². The van der Waals surface area contributed by atoms with Crippen LogP contribution in [0.25, 0.3) is 0 Å². The van der Waals surface area contributed by atoms with Crippen LogP contribution in [0.5, 0.6) is 0 Å². The van der Waals surface area contributed by atoms with E-state index >= 15 is 0 Å². The van der Waals surface area contributed by atoms with E-state index in [9.17, 15) is 0 Å². The van der Waals surface area contributed by atoms with Crippen molar-refractivity contribution in [1.82, 2.24) is 5.32 Å². The quantitative estimate of drug-likeness (QED) is 0.856. The number of anilines is 1. The van der Waals surface area contributed by atoms with Crippen LogP contribution >= 0.6 is 15.9 Å². The molecule has 0 aliphatic carbocycles. The maximum absolute atomic E-state index is 5.85. The number of nitrogens with one attached hydrogen (secondary N) is 1. The Kier molecular flexibility index (Phi) is 6.33. The van der Waals surface area contributed by atoms with Crippen LogP contribution in [0.1, 0.15) is 31.7 Å². The molecule has 1 aromatic rings. The number of hydrogen-bond acceptors (Lipinski definition) is 3. The smallest absolute Gasteiger partial charge is 0.0749 e. The minimum Gasteiger partial charge on any atom is -0.376 e. The highest BCUT2D eigenvalue weighted by atomic mass is 79.9. The molecule has 1 saturated heterocycles. The SMILES string of the molecule is CCNCc1cc(Br)ccc1N(C)CC1CCCCO1. The van der Waals surface area contributed by atoms with E-state index in [0.717, 1.165) is 30.7 Å². The molecule has 1 fully saturated rings. The van der Waals surface area contributed by atoms with Gasteiger partial charge >= 0.3 is 0 Å². The Morgan fingerprint density at radius 3 is 2.95 bits per heavy atom. The summed E-state index contributed by atoms with van der Waals surface area (Å²) in [5.41, 5.74) is 2.63. The van der Waals surface area contributed by atoms with Gasteiger partial charge in [-0.05, 0) is 49.6 Å². The molecule has 1 aromatic carbocycles. The summed E-state index contributed by atoms with van der Waals surface area (Å²) < 4.78 is 6.98. The van der Waals surface area contributed by atoms with Gasteiger partial charge in [0.25, 0.3) is 0 Å². The number of halogens is 1. The first kappa shape index (κ1) is 15.8. The summed E-state index contributed by atoms with van der Waals surface area (Å²) in [5.74, 6) is 0. The Labute approximate surface area is 130 Å². The zero-order valence-electron chi connectivity index (χ0n) is 12.5. The Hall–Kier alpha value is -0.580. The van der Waals surface area contributed by atoms with Gasteiger partial charge in [-0.25, -0.2) is 0 Å². The second-order valence-corrected chi connectivity index (χ2v) is 6.34. The van der Waals surface area contributed by atoms with E-state index in [0.29, 0.717) is 6.10 Å². The first-order valence-corrected chi connectivity index (χ1v) is 8.32. The largest absolute Gasteiger partial charge is 0.376 e. The highest BCUT2D eigenvalue weighted by Gasteiger charge is 2.17. The lowest BCUT2D eigenvalue weighted by molar-refractivity contribution is 0.0216. The van der Waals surface area contributed by atoms with Gasteiger partial charge in [-0.1, -0.05) is 22.9 Å². The Morgan fingerprint density at radius 1 is 1.40 bits per heavy atom. The molecule has 1 N–H and O–H groups in total. The van der Waals surface area contributed by atoms with Crippen molar-refractivity contribution >= 4 is 21.6 Å². The van der Waals surface area contributed by atoms with Gasteiger partial charge in [-0.2, -0.15) is 0 Å². The molecule has 4 heteroatoms. The molecule has 0 radical (unpaired) electrons. The first-order valence-electron chi connectivity index (χ1n) is 7.52. The van der Waals surface area contributed by atoms with Gasteiger partial charge in [0, 0.05) is 36.9 Å². The molecule has 0 saturated carbocycles. The normalized spacial score (nSPS) is 19.1. The van der Waals surface area contributed by atoms with Crippen molar-refractivity contribution in [3.8, 4) is 0 Å². The van der Waals surface area contributed by atoms with E-state index < -0.39 is 0 Å². The molecule has 1 heterocycles. The number of nitrogens with zero attached hydrogens (tertiary/aromatic N) is 1. The summed E-state index contributed by atoms with van der Waals surface area (Å²) in [6, 6.07) is 6.51. The molecule has 1 unspecified atom stereocenters. The van der Waals surface area contributed by atoms with Crippen molar-refractivity contribution < 1.29 is 4.74 Å². The van der Waals surface area contributed by atoms with Crippen LogP contribution in [0.4, 0.5) is 5.69 Å². The molecule has 1 aliphatic rings. The monoisotopic (exact) mass is 340 g/mol. The lowest BCUT2D eigenvalue weighted by Crippen LogP contribution is -2.34. The Balaban J connectivity index is 2.05. The number of hydrogen-bond donors (Lipinski definition) is 1. The number of likely N-dealkylation sites (N-methyl/N-ethyl adjacent to an activating group) is 1. The van der Waals surface area contributed by atoms with Crippen molar-refractivity contribution in [2.75, 3.05) is 31.6 Å². The summed E-state index contributed by atoms with van der Waals surface area (Å²) >= 11 is 3.56. The molecule has 112 valence electrons. The summed E-state index contributed by atoms with van der Waals surface area (Å²) in [7, 11) is 2.16. The Bertz CT molecular complexity index is 419. The Morgan fingerprint density at radius 2 is 2.25 bits per heavy atom. The molecule has 20 heavy (non-hydrogen) atoms. The lowest BCUT2D eigenvalue weighted by atomic mass is 10.1. The maximum atomic E-state index is 5.85. The van der Waals surface area contributed by atoms with Crippen molar-refractivity contribution in [3.63, 3.8) is 0 Å². The van der Waals surface area contributed by atoms with E-state index in [1.54, 1.807) is 0 Å². The molecule has 0 bridgehead atoms.